The fourth-order valence-corrected chi connectivity index (χ4v) is 6.22. The van der Waals surface area contributed by atoms with Gasteiger partial charge < -0.3 is 35.5 Å². The first-order valence-electron chi connectivity index (χ1n) is 18.5. The van der Waals surface area contributed by atoms with Crippen molar-refractivity contribution >= 4 is 28.7 Å². The first-order valence-corrected chi connectivity index (χ1v) is 18.5. The van der Waals surface area contributed by atoms with Crippen molar-refractivity contribution in [3.8, 4) is 5.75 Å². The highest BCUT2D eigenvalue weighted by atomic mass is 16.7. The number of carbonyl (C=O) groups excluding carboxylic acids is 3. The molecule has 0 aliphatic heterocycles. The summed E-state index contributed by atoms with van der Waals surface area (Å²) in [4.78, 5) is 45.8. The minimum Gasteiger partial charge on any atom is -0.488 e. The Kier molecular flexibility index (Phi) is 13.4. The van der Waals surface area contributed by atoms with Crippen LogP contribution in [0, 0.1) is 5.41 Å². The second-order valence-corrected chi connectivity index (χ2v) is 14.5. The number of carbonyl (C=O) groups is 3. The summed E-state index contributed by atoms with van der Waals surface area (Å²) in [6, 6.07) is 25.1. The van der Waals surface area contributed by atoms with E-state index in [1.54, 1.807) is 6.20 Å². The predicted octanol–water partition coefficient (Wildman–Crippen LogP) is 6.37. The number of amides is 4. The Morgan fingerprint density at radius 2 is 1.51 bits per heavy atom. The van der Waals surface area contributed by atoms with E-state index in [2.05, 4.69) is 26.3 Å². The topological polar surface area (TPSA) is 140 Å². The summed E-state index contributed by atoms with van der Waals surface area (Å²) >= 11 is 0. The van der Waals surface area contributed by atoms with E-state index in [4.69, 9.17) is 14.2 Å². The van der Waals surface area contributed by atoms with E-state index in [0.29, 0.717) is 44.8 Å². The van der Waals surface area contributed by atoms with E-state index < -0.39 is 23.8 Å². The number of ether oxygens (including phenoxy) is 3. The van der Waals surface area contributed by atoms with Crippen molar-refractivity contribution in [1.82, 2.24) is 26.3 Å². The standard InChI is InChI=1S/C42H53N5O6/c1-6-51-36(52-7-2)26-34(33-17-11-15-31-16-12-24-43-37(31)33)46-38(48)35(25-29-18-20-32(21-19-29)53-41(3,4)5)47-39(49)42(22-23-42)28-45-40(50)44-27-30-13-9-8-10-14-30/h8-21,24,34-36H,6-7,22-23,25-28H2,1-5H3,(H,46,48)(H,47,49)(H2,44,45,50)/t34?,35-/m0/s1. The molecule has 4 aromatic rings. The maximum Gasteiger partial charge on any atom is 0.315 e. The highest BCUT2D eigenvalue weighted by Crippen LogP contribution is 2.45. The molecule has 1 saturated carbocycles. The second kappa shape index (κ2) is 18.2. The van der Waals surface area contributed by atoms with Gasteiger partial charge in [-0.15, -0.1) is 0 Å². The second-order valence-electron chi connectivity index (χ2n) is 14.5. The highest BCUT2D eigenvalue weighted by Gasteiger charge is 2.50. The van der Waals surface area contributed by atoms with E-state index in [1.807, 2.05) is 120 Å². The summed E-state index contributed by atoms with van der Waals surface area (Å²) in [7, 11) is 0. The zero-order valence-corrected chi connectivity index (χ0v) is 31.4. The van der Waals surface area contributed by atoms with Crippen LogP contribution in [0.4, 0.5) is 4.79 Å². The molecule has 1 aromatic heterocycles. The number of pyridine rings is 1. The van der Waals surface area contributed by atoms with Crippen molar-refractivity contribution in [3.63, 3.8) is 0 Å². The molecule has 5 rings (SSSR count). The molecule has 1 fully saturated rings. The Hall–Kier alpha value is -5.00. The third-order valence-corrected chi connectivity index (χ3v) is 9.12. The monoisotopic (exact) mass is 723 g/mol. The van der Waals surface area contributed by atoms with Gasteiger partial charge in [0.2, 0.25) is 11.8 Å². The SMILES string of the molecule is CCOC(CC(NC(=O)[C@H](Cc1ccc(OC(C)(C)C)cc1)NC(=O)C1(CNC(=O)NCc2ccccc2)CC1)c1cccc2cccnc12)OCC. The minimum atomic E-state index is -0.927. The zero-order valence-electron chi connectivity index (χ0n) is 31.4. The van der Waals surface area contributed by atoms with Gasteiger partial charge in [-0.25, -0.2) is 4.79 Å². The van der Waals surface area contributed by atoms with Gasteiger partial charge >= 0.3 is 6.03 Å². The van der Waals surface area contributed by atoms with Gasteiger partial charge in [0.05, 0.1) is 17.0 Å². The fourth-order valence-electron chi connectivity index (χ4n) is 6.22. The smallest absolute Gasteiger partial charge is 0.315 e. The van der Waals surface area contributed by atoms with Crippen molar-refractivity contribution in [3.05, 3.63) is 108 Å². The predicted molar refractivity (Wildman–Crippen MR) is 205 cm³/mol. The highest BCUT2D eigenvalue weighted by molar-refractivity contribution is 5.92. The molecule has 0 spiro atoms. The number of hydrogen-bond donors (Lipinski definition) is 4. The molecule has 1 aliphatic carbocycles. The summed E-state index contributed by atoms with van der Waals surface area (Å²) in [5.41, 5.74) is 2.23. The maximum absolute atomic E-state index is 14.5. The van der Waals surface area contributed by atoms with Crippen LogP contribution in [0.1, 0.15) is 76.6 Å². The lowest BCUT2D eigenvalue weighted by Crippen LogP contribution is -2.52. The van der Waals surface area contributed by atoms with E-state index in [0.717, 1.165) is 27.6 Å². The normalized spacial score (nSPS) is 14.6. The van der Waals surface area contributed by atoms with Crippen LogP contribution in [-0.4, -0.2) is 60.5 Å². The molecule has 282 valence electrons. The first kappa shape index (κ1) is 39.2. The molecule has 3 aromatic carbocycles. The largest absolute Gasteiger partial charge is 0.488 e. The number of hydrogen-bond acceptors (Lipinski definition) is 7. The number of rotatable bonds is 18. The lowest BCUT2D eigenvalue weighted by molar-refractivity contribution is -0.145. The molecule has 1 heterocycles. The summed E-state index contributed by atoms with van der Waals surface area (Å²) in [5.74, 6) is 0.0715. The Morgan fingerprint density at radius 3 is 2.17 bits per heavy atom. The lowest BCUT2D eigenvalue weighted by Gasteiger charge is -2.28. The zero-order chi connectivity index (χ0) is 37.8. The number of para-hydroxylation sites is 1. The molecule has 11 heteroatoms. The molecule has 0 bridgehead atoms. The van der Waals surface area contributed by atoms with Crippen molar-refractivity contribution in [2.24, 2.45) is 5.41 Å². The van der Waals surface area contributed by atoms with Gasteiger partial charge in [0.1, 0.15) is 17.4 Å². The number of aromatic nitrogens is 1. The van der Waals surface area contributed by atoms with Crippen molar-refractivity contribution in [1.29, 1.82) is 0 Å². The van der Waals surface area contributed by atoms with Crippen molar-refractivity contribution < 1.29 is 28.6 Å². The molecule has 1 unspecified atom stereocenters. The summed E-state index contributed by atoms with van der Waals surface area (Å²) in [5, 5.41) is 13.0. The molecule has 11 nitrogen and oxygen atoms in total. The Labute approximate surface area is 312 Å². The van der Waals surface area contributed by atoms with E-state index in [1.165, 1.54) is 0 Å². The van der Waals surface area contributed by atoms with Gasteiger partial charge in [-0.1, -0.05) is 66.7 Å². The van der Waals surface area contributed by atoms with Gasteiger partial charge in [0.25, 0.3) is 0 Å². The summed E-state index contributed by atoms with van der Waals surface area (Å²) in [6.07, 6.45) is 2.91. The van der Waals surface area contributed by atoms with E-state index >= 15 is 0 Å². The quantitative estimate of drug-likeness (QED) is 0.0876. The van der Waals surface area contributed by atoms with E-state index in [-0.39, 0.29) is 36.4 Å². The van der Waals surface area contributed by atoms with Crippen molar-refractivity contribution in [2.45, 2.75) is 90.8 Å². The average Bonchev–Trinajstić information content (AvgIpc) is 3.94. The van der Waals surface area contributed by atoms with Crippen LogP contribution >= 0.6 is 0 Å². The number of benzene rings is 3. The molecule has 4 amide bonds. The molecule has 53 heavy (non-hydrogen) atoms. The summed E-state index contributed by atoms with van der Waals surface area (Å²) < 4.78 is 17.9. The van der Waals surface area contributed by atoms with E-state index in [9.17, 15) is 14.4 Å². The number of nitrogens with one attached hydrogen (secondary N) is 4. The van der Waals surface area contributed by atoms with Gasteiger partial charge in [0.15, 0.2) is 6.29 Å². The number of urea groups is 1. The lowest BCUT2D eigenvalue weighted by atomic mass is 9.98. The van der Waals surface area contributed by atoms with Crippen LogP contribution in [0.15, 0.2) is 91.1 Å². The molecule has 1 aliphatic rings. The van der Waals surface area contributed by atoms with Gasteiger partial charge in [0, 0.05) is 56.3 Å². The molecule has 0 saturated heterocycles. The van der Waals surface area contributed by atoms with Crippen LogP contribution in [-0.2, 0) is 32.0 Å². The third-order valence-electron chi connectivity index (χ3n) is 9.12. The maximum atomic E-state index is 14.5. The Balaban J connectivity index is 1.36. The Morgan fingerprint density at radius 1 is 0.811 bits per heavy atom. The van der Waals surface area contributed by atoms with Crippen LogP contribution in [0.25, 0.3) is 10.9 Å². The Bertz CT molecular complexity index is 1800. The van der Waals surface area contributed by atoms with Crippen LogP contribution in [0.5, 0.6) is 5.75 Å². The minimum absolute atomic E-state index is 0.154. The number of fused-ring (bicyclic) bond motifs is 1. The van der Waals surface area contributed by atoms with Crippen molar-refractivity contribution in [2.75, 3.05) is 19.8 Å². The van der Waals surface area contributed by atoms with Gasteiger partial charge in [-0.3, -0.25) is 14.6 Å². The molecule has 4 N–H and O–H groups in total. The first-order chi connectivity index (χ1) is 25.5. The van der Waals surface area contributed by atoms with Crippen LogP contribution in [0.2, 0.25) is 0 Å². The molecule has 2 atom stereocenters. The van der Waals surface area contributed by atoms with Crippen LogP contribution in [0.3, 0.4) is 0 Å². The third kappa shape index (κ3) is 11.5. The van der Waals surface area contributed by atoms with Crippen LogP contribution < -0.4 is 26.0 Å². The van der Waals surface area contributed by atoms with Gasteiger partial charge in [-0.05, 0) is 76.8 Å². The summed E-state index contributed by atoms with van der Waals surface area (Å²) in [6.45, 7) is 11.1. The fraction of sp³-hybridized carbons (Fsp3) is 0.429. The molecular weight excluding hydrogens is 670 g/mol. The average molecular weight is 724 g/mol. The molecular formula is C42H53N5O6. The number of nitrogens with zero attached hydrogens (tertiary/aromatic N) is 1. The molecule has 0 radical (unpaired) electrons. The van der Waals surface area contributed by atoms with Gasteiger partial charge in [-0.2, -0.15) is 0 Å².